The van der Waals surface area contributed by atoms with E-state index in [-0.39, 0.29) is 5.60 Å². The molecule has 2 aliphatic heterocycles. The van der Waals surface area contributed by atoms with E-state index in [4.69, 9.17) is 4.74 Å². The van der Waals surface area contributed by atoms with Gasteiger partial charge < -0.3 is 10.1 Å². The Balaban J connectivity index is 2.11. The van der Waals surface area contributed by atoms with Crippen molar-refractivity contribution >= 4 is 0 Å². The summed E-state index contributed by atoms with van der Waals surface area (Å²) in [5.41, 5.74) is 0.0619. The topological polar surface area (TPSA) is 21.3 Å². The molecule has 0 aromatic heterocycles. The molecule has 0 aromatic carbocycles. The summed E-state index contributed by atoms with van der Waals surface area (Å²) in [6, 6.07) is 0.589. The van der Waals surface area contributed by atoms with E-state index in [1.54, 1.807) is 0 Å². The molecule has 0 aromatic rings. The first-order valence-corrected chi connectivity index (χ1v) is 5.42. The van der Waals surface area contributed by atoms with Crippen molar-refractivity contribution in [2.75, 3.05) is 6.54 Å². The average Bonchev–Trinajstić information content (AvgIpc) is 2.22. The van der Waals surface area contributed by atoms with Crippen LogP contribution >= 0.6 is 0 Å². The monoisotopic (exact) mass is 183 g/mol. The van der Waals surface area contributed by atoms with Crippen molar-refractivity contribution in [3.8, 4) is 0 Å². The van der Waals surface area contributed by atoms with Gasteiger partial charge in [0.25, 0.3) is 0 Å². The number of hydrogen-bond donors (Lipinski definition) is 1. The molecule has 2 saturated heterocycles. The predicted octanol–water partition coefficient (Wildman–Crippen LogP) is 1.80. The second-order valence-electron chi connectivity index (χ2n) is 5.32. The van der Waals surface area contributed by atoms with Crippen LogP contribution in [0.5, 0.6) is 0 Å². The van der Waals surface area contributed by atoms with Crippen molar-refractivity contribution < 1.29 is 4.74 Å². The lowest BCUT2D eigenvalue weighted by molar-refractivity contribution is -0.0411. The molecule has 0 aliphatic carbocycles. The smallest absolute Gasteiger partial charge is 0.0742 e. The number of rotatable bonds is 0. The lowest BCUT2D eigenvalue weighted by atomic mass is 9.83. The zero-order valence-electron chi connectivity index (χ0n) is 9.13. The van der Waals surface area contributed by atoms with Crippen molar-refractivity contribution in [2.45, 2.75) is 51.9 Å². The summed E-state index contributed by atoms with van der Waals surface area (Å²) in [5, 5.41) is 3.61. The van der Waals surface area contributed by atoms with Crippen LogP contribution in [0.15, 0.2) is 0 Å². The molecule has 2 fully saturated rings. The Hall–Kier alpha value is -0.0800. The zero-order valence-corrected chi connectivity index (χ0v) is 9.13. The molecule has 0 saturated carbocycles. The maximum Gasteiger partial charge on any atom is 0.0742 e. The molecule has 0 bridgehead atoms. The van der Waals surface area contributed by atoms with Crippen molar-refractivity contribution in [3.05, 3.63) is 0 Å². The molecule has 2 rings (SSSR count). The summed E-state index contributed by atoms with van der Waals surface area (Å²) in [7, 11) is 0. The van der Waals surface area contributed by atoms with Crippen LogP contribution in [0.3, 0.4) is 0 Å². The largest absolute Gasteiger partial charge is 0.370 e. The van der Waals surface area contributed by atoms with Gasteiger partial charge in [-0.25, -0.2) is 0 Å². The first-order chi connectivity index (χ1) is 6.00. The summed E-state index contributed by atoms with van der Waals surface area (Å²) in [5.74, 6) is 1.40. The van der Waals surface area contributed by atoms with E-state index in [1.807, 2.05) is 0 Å². The number of fused-ring (bicyclic) bond motifs is 1. The van der Waals surface area contributed by atoms with Crippen LogP contribution < -0.4 is 5.32 Å². The Bertz CT molecular complexity index is 202. The third kappa shape index (κ3) is 1.50. The van der Waals surface area contributed by atoms with Gasteiger partial charge in [0.1, 0.15) is 0 Å². The maximum absolute atomic E-state index is 6.07. The number of nitrogens with one attached hydrogen (secondary N) is 1. The van der Waals surface area contributed by atoms with Gasteiger partial charge in [0.15, 0.2) is 0 Å². The molecule has 0 amide bonds. The quantitative estimate of drug-likeness (QED) is 0.618. The fraction of sp³-hybridized carbons (Fsp3) is 1.00. The molecule has 2 heterocycles. The van der Waals surface area contributed by atoms with Gasteiger partial charge in [-0.3, -0.25) is 0 Å². The van der Waals surface area contributed by atoms with Crippen LogP contribution in [0.25, 0.3) is 0 Å². The lowest BCUT2D eigenvalue weighted by Gasteiger charge is -2.31. The van der Waals surface area contributed by atoms with E-state index >= 15 is 0 Å². The minimum atomic E-state index is 0.0619. The highest BCUT2D eigenvalue weighted by Gasteiger charge is 2.48. The van der Waals surface area contributed by atoms with Gasteiger partial charge in [0, 0.05) is 12.0 Å². The number of ether oxygens (including phenoxy) is 1. The standard InChI is InChI=1S/C11H21NO/c1-7-5-9-10(12-6-7)8(2)11(3,4)13-9/h7-10,12H,5-6H2,1-4H3. The van der Waals surface area contributed by atoms with Gasteiger partial charge in [0.05, 0.1) is 11.7 Å². The Labute approximate surface area is 81.0 Å². The summed E-state index contributed by atoms with van der Waals surface area (Å²) in [6.07, 6.45) is 1.68. The van der Waals surface area contributed by atoms with E-state index in [0.717, 1.165) is 12.5 Å². The van der Waals surface area contributed by atoms with Crippen LogP contribution in [-0.2, 0) is 4.74 Å². The van der Waals surface area contributed by atoms with Crippen molar-refractivity contribution in [1.82, 2.24) is 5.32 Å². The third-order valence-electron chi connectivity index (χ3n) is 3.83. The Kier molecular flexibility index (Phi) is 2.16. The van der Waals surface area contributed by atoms with Crippen LogP contribution in [-0.4, -0.2) is 24.3 Å². The normalized spacial score (nSPS) is 48.9. The van der Waals surface area contributed by atoms with E-state index in [0.29, 0.717) is 18.1 Å². The fourth-order valence-corrected chi connectivity index (χ4v) is 2.65. The Morgan fingerprint density at radius 3 is 2.69 bits per heavy atom. The average molecular weight is 183 g/mol. The van der Waals surface area contributed by atoms with Crippen LogP contribution in [0.4, 0.5) is 0 Å². The molecular formula is C11H21NO. The molecular weight excluding hydrogens is 162 g/mol. The molecule has 4 unspecified atom stereocenters. The first-order valence-electron chi connectivity index (χ1n) is 5.42. The minimum absolute atomic E-state index is 0.0619. The van der Waals surface area contributed by atoms with Crippen molar-refractivity contribution in [2.24, 2.45) is 11.8 Å². The minimum Gasteiger partial charge on any atom is -0.370 e. The second kappa shape index (κ2) is 2.96. The van der Waals surface area contributed by atoms with Gasteiger partial charge >= 0.3 is 0 Å². The summed E-state index contributed by atoms with van der Waals surface area (Å²) in [4.78, 5) is 0. The lowest BCUT2D eigenvalue weighted by Crippen LogP contribution is -2.48. The van der Waals surface area contributed by atoms with Gasteiger partial charge in [-0.1, -0.05) is 13.8 Å². The Morgan fingerprint density at radius 1 is 1.31 bits per heavy atom. The molecule has 2 heteroatoms. The van der Waals surface area contributed by atoms with Crippen molar-refractivity contribution in [1.29, 1.82) is 0 Å². The zero-order chi connectivity index (χ0) is 9.64. The number of piperidine rings is 1. The van der Waals surface area contributed by atoms with E-state index in [9.17, 15) is 0 Å². The second-order valence-corrected chi connectivity index (χ2v) is 5.32. The summed E-state index contributed by atoms with van der Waals surface area (Å²) >= 11 is 0. The molecule has 2 nitrogen and oxygen atoms in total. The SMILES string of the molecule is CC1CNC2C(C1)OC(C)(C)C2C. The number of hydrogen-bond acceptors (Lipinski definition) is 2. The molecule has 0 radical (unpaired) electrons. The fourth-order valence-electron chi connectivity index (χ4n) is 2.65. The van der Waals surface area contributed by atoms with Crippen LogP contribution in [0, 0.1) is 11.8 Å². The molecule has 13 heavy (non-hydrogen) atoms. The van der Waals surface area contributed by atoms with Crippen molar-refractivity contribution in [3.63, 3.8) is 0 Å². The summed E-state index contributed by atoms with van der Waals surface area (Å²) < 4.78 is 6.07. The van der Waals surface area contributed by atoms with E-state index < -0.39 is 0 Å². The van der Waals surface area contributed by atoms with E-state index in [1.165, 1.54) is 6.42 Å². The molecule has 0 spiro atoms. The van der Waals surface area contributed by atoms with E-state index in [2.05, 4.69) is 33.0 Å². The van der Waals surface area contributed by atoms with Gasteiger partial charge in [-0.2, -0.15) is 0 Å². The highest BCUT2D eigenvalue weighted by molar-refractivity contribution is 5.00. The van der Waals surface area contributed by atoms with Gasteiger partial charge in [0.2, 0.25) is 0 Å². The summed E-state index contributed by atoms with van der Waals surface area (Å²) in [6.45, 7) is 10.2. The molecule has 76 valence electrons. The molecule has 1 N–H and O–H groups in total. The molecule has 2 aliphatic rings. The maximum atomic E-state index is 6.07. The van der Waals surface area contributed by atoms with Crippen LogP contribution in [0.1, 0.15) is 34.1 Å². The van der Waals surface area contributed by atoms with Crippen LogP contribution in [0.2, 0.25) is 0 Å². The van der Waals surface area contributed by atoms with Gasteiger partial charge in [-0.05, 0) is 32.7 Å². The highest BCUT2D eigenvalue weighted by Crippen LogP contribution is 2.39. The first kappa shape index (κ1) is 9.47. The van der Waals surface area contributed by atoms with Gasteiger partial charge in [-0.15, -0.1) is 0 Å². The molecule has 4 atom stereocenters. The Morgan fingerprint density at radius 2 is 2.00 bits per heavy atom. The predicted molar refractivity (Wildman–Crippen MR) is 53.7 cm³/mol. The highest BCUT2D eigenvalue weighted by atomic mass is 16.5. The third-order valence-corrected chi connectivity index (χ3v) is 3.83.